The molecule has 1 saturated heterocycles. The first-order valence-electron chi connectivity index (χ1n) is 11.6. The van der Waals surface area contributed by atoms with Crippen LogP contribution in [0.3, 0.4) is 0 Å². The minimum Gasteiger partial charge on any atom is -0.394 e. The summed E-state index contributed by atoms with van der Waals surface area (Å²) in [4.78, 5) is 0. The van der Waals surface area contributed by atoms with Gasteiger partial charge in [-0.3, -0.25) is 0 Å². The van der Waals surface area contributed by atoms with Crippen molar-refractivity contribution >= 4 is 0 Å². The van der Waals surface area contributed by atoms with E-state index in [1.807, 2.05) is 0 Å². The van der Waals surface area contributed by atoms with Gasteiger partial charge in [-0.25, -0.2) is 0 Å². The number of hydrogen-bond donors (Lipinski definition) is 3. The van der Waals surface area contributed by atoms with E-state index in [-0.39, 0.29) is 13.2 Å². The molecule has 0 aromatic heterocycles. The van der Waals surface area contributed by atoms with Gasteiger partial charge in [-0.2, -0.15) is 0 Å². The van der Waals surface area contributed by atoms with Crippen LogP contribution in [0.15, 0.2) is 12.2 Å². The molecule has 0 aromatic carbocycles. The van der Waals surface area contributed by atoms with E-state index in [4.69, 9.17) is 9.47 Å². The molecule has 0 bridgehead atoms. The summed E-state index contributed by atoms with van der Waals surface area (Å²) < 4.78 is 11.0. The van der Waals surface area contributed by atoms with Crippen molar-refractivity contribution in [3.8, 4) is 0 Å². The van der Waals surface area contributed by atoms with E-state index in [1.54, 1.807) is 0 Å². The molecule has 4 atom stereocenters. The fourth-order valence-electron chi connectivity index (χ4n) is 3.61. The highest BCUT2D eigenvalue weighted by Gasteiger charge is 2.39. The molecule has 5 heteroatoms. The second-order valence-corrected chi connectivity index (χ2v) is 8.03. The largest absolute Gasteiger partial charge is 0.394 e. The number of rotatable bonds is 17. The Morgan fingerprint density at radius 2 is 1.43 bits per heavy atom. The number of aliphatic hydroxyl groups is 3. The fourth-order valence-corrected chi connectivity index (χ4v) is 3.61. The van der Waals surface area contributed by atoms with E-state index < -0.39 is 24.4 Å². The second kappa shape index (κ2) is 17.4. The molecule has 1 aliphatic rings. The van der Waals surface area contributed by atoms with Crippen LogP contribution in [0.4, 0.5) is 0 Å². The van der Waals surface area contributed by atoms with E-state index in [9.17, 15) is 15.3 Å². The van der Waals surface area contributed by atoms with Crippen molar-refractivity contribution in [1.82, 2.24) is 0 Å². The first kappa shape index (κ1) is 25.6. The molecule has 0 radical (unpaired) electrons. The van der Waals surface area contributed by atoms with E-state index in [1.165, 1.54) is 70.6 Å². The van der Waals surface area contributed by atoms with Gasteiger partial charge in [0.15, 0.2) is 0 Å². The van der Waals surface area contributed by atoms with E-state index in [2.05, 4.69) is 19.1 Å². The molecule has 1 fully saturated rings. The van der Waals surface area contributed by atoms with Crippen molar-refractivity contribution in [3.05, 3.63) is 12.2 Å². The van der Waals surface area contributed by atoms with Crippen molar-refractivity contribution < 1.29 is 24.8 Å². The standard InChI is InChI=1S/C23H44O5/c1-2-3-4-5-6-7-8-9-10-11-12-13-14-15-16-17-27-23-21(18-24)28-19-20(25)22(23)26/h8-9,20-26H,2-7,10-19H2,1H3/b9-8+/t20-,21+,22+,23+/m1/s1. The maximum absolute atomic E-state index is 9.99. The first-order chi connectivity index (χ1) is 13.7. The maximum Gasteiger partial charge on any atom is 0.114 e. The SMILES string of the molecule is CCCCCCC/C=C/CCCCCCCCO[C@@H]1[C@@H](O)[C@H](O)CO[C@H]1CO. The highest BCUT2D eigenvalue weighted by molar-refractivity contribution is 4.87. The zero-order valence-corrected chi connectivity index (χ0v) is 17.9. The molecule has 0 aliphatic carbocycles. The Kier molecular flexibility index (Phi) is 15.9. The van der Waals surface area contributed by atoms with Crippen LogP contribution in [0.2, 0.25) is 0 Å². The molecular formula is C23H44O5. The van der Waals surface area contributed by atoms with Crippen molar-refractivity contribution in [2.75, 3.05) is 19.8 Å². The Balaban J connectivity index is 1.90. The highest BCUT2D eigenvalue weighted by atomic mass is 16.6. The predicted molar refractivity (Wildman–Crippen MR) is 113 cm³/mol. The summed E-state index contributed by atoms with van der Waals surface area (Å²) in [5, 5.41) is 28.9. The van der Waals surface area contributed by atoms with Gasteiger partial charge in [-0.1, -0.05) is 70.4 Å². The summed E-state index contributed by atoms with van der Waals surface area (Å²) in [7, 11) is 0. The minimum atomic E-state index is -0.990. The van der Waals surface area contributed by atoms with Crippen molar-refractivity contribution in [2.45, 2.75) is 115 Å². The third kappa shape index (κ3) is 11.5. The Labute approximate surface area is 172 Å². The van der Waals surface area contributed by atoms with Gasteiger partial charge in [-0.05, 0) is 32.1 Å². The number of aliphatic hydroxyl groups excluding tert-OH is 3. The lowest BCUT2D eigenvalue weighted by Gasteiger charge is -2.37. The van der Waals surface area contributed by atoms with Crippen molar-refractivity contribution in [2.24, 2.45) is 0 Å². The molecular weight excluding hydrogens is 356 g/mol. The summed E-state index contributed by atoms with van der Waals surface area (Å²) in [6, 6.07) is 0. The fraction of sp³-hybridized carbons (Fsp3) is 0.913. The van der Waals surface area contributed by atoms with Crippen molar-refractivity contribution in [3.63, 3.8) is 0 Å². The quantitative estimate of drug-likeness (QED) is 0.253. The molecule has 28 heavy (non-hydrogen) atoms. The highest BCUT2D eigenvalue weighted by Crippen LogP contribution is 2.19. The molecule has 3 N–H and O–H groups in total. The molecule has 0 amide bonds. The van der Waals surface area contributed by atoms with Crippen LogP contribution in [-0.2, 0) is 9.47 Å². The number of hydrogen-bond acceptors (Lipinski definition) is 5. The molecule has 0 aromatic rings. The molecule has 5 nitrogen and oxygen atoms in total. The molecule has 0 saturated carbocycles. The molecule has 1 rings (SSSR count). The molecule has 0 spiro atoms. The topological polar surface area (TPSA) is 79.2 Å². The van der Waals surface area contributed by atoms with Crippen molar-refractivity contribution in [1.29, 1.82) is 0 Å². The van der Waals surface area contributed by atoms with Gasteiger partial charge in [0.05, 0.1) is 13.2 Å². The third-order valence-corrected chi connectivity index (χ3v) is 5.47. The molecule has 166 valence electrons. The summed E-state index contributed by atoms with van der Waals surface area (Å²) in [6.07, 6.45) is 17.8. The number of ether oxygens (including phenoxy) is 2. The summed E-state index contributed by atoms with van der Waals surface area (Å²) >= 11 is 0. The zero-order valence-electron chi connectivity index (χ0n) is 17.9. The van der Waals surface area contributed by atoms with E-state index >= 15 is 0 Å². The Bertz CT molecular complexity index is 372. The van der Waals surface area contributed by atoms with Gasteiger partial charge < -0.3 is 24.8 Å². The van der Waals surface area contributed by atoms with Gasteiger partial charge in [0.25, 0.3) is 0 Å². The average Bonchev–Trinajstić information content (AvgIpc) is 2.70. The predicted octanol–water partition coefficient (Wildman–Crippen LogP) is 4.13. The first-order valence-corrected chi connectivity index (χ1v) is 11.6. The lowest BCUT2D eigenvalue weighted by Crippen LogP contribution is -2.55. The van der Waals surface area contributed by atoms with Crippen LogP contribution < -0.4 is 0 Å². The van der Waals surface area contributed by atoms with Crippen LogP contribution in [0.5, 0.6) is 0 Å². The lowest BCUT2D eigenvalue weighted by molar-refractivity contribution is -0.211. The lowest BCUT2D eigenvalue weighted by atomic mass is 10.0. The summed E-state index contributed by atoms with van der Waals surface area (Å²) in [6.45, 7) is 2.61. The number of allylic oxidation sites excluding steroid dienone is 2. The summed E-state index contributed by atoms with van der Waals surface area (Å²) in [5.41, 5.74) is 0. The van der Waals surface area contributed by atoms with Crippen LogP contribution in [0.25, 0.3) is 0 Å². The van der Waals surface area contributed by atoms with E-state index in [0.717, 1.165) is 12.8 Å². The average molecular weight is 401 g/mol. The van der Waals surface area contributed by atoms with Gasteiger partial charge in [0.2, 0.25) is 0 Å². The smallest absolute Gasteiger partial charge is 0.114 e. The Morgan fingerprint density at radius 1 is 0.857 bits per heavy atom. The third-order valence-electron chi connectivity index (χ3n) is 5.47. The van der Waals surface area contributed by atoms with Crippen LogP contribution >= 0.6 is 0 Å². The van der Waals surface area contributed by atoms with Gasteiger partial charge >= 0.3 is 0 Å². The normalized spacial score (nSPS) is 25.6. The van der Waals surface area contributed by atoms with Gasteiger partial charge in [0, 0.05) is 6.61 Å². The zero-order chi connectivity index (χ0) is 20.5. The summed E-state index contributed by atoms with van der Waals surface area (Å²) in [5.74, 6) is 0. The molecule has 1 aliphatic heterocycles. The second-order valence-electron chi connectivity index (χ2n) is 8.03. The van der Waals surface area contributed by atoms with Crippen LogP contribution in [0.1, 0.15) is 90.4 Å². The maximum atomic E-state index is 9.99. The number of unbranched alkanes of at least 4 members (excludes halogenated alkanes) is 11. The molecule has 1 heterocycles. The molecule has 0 unspecified atom stereocenters. The Hall–Kier alpha value is -0.460. The van der Waals surface area contributed by atoms with Gasteiger partial charge in [0.1, 0.15) is 24.4 Å². The van der Waals surface area contributed by atoms with Crippen LogP contribution in [-0.4, -0.2) is 59.6 Å². The minimum absolute atomic E-state index is 0.0421. The van der Waals surface area contributed by atoms with Gasteiger partial charge in [-0.15, -0.1) is 0 Å². The monoisotopic (exact) mass is 400 g/mol. The van der Waals surface area contributed by atoms with E-state index in [0.29, 0.717) is 6.61 Å². The van der Waals surface area contributed by atoms with Crippen LogP contribution in [0, 0.1) is 0 Å². The Morgan fingerprint density at radius 3 is 2.04 bits per heavy atom.